The van der Waals surface area contributed by atoms with Gasteiger partial charge in [-0.15, -0.1) is 5.10 Å². The Morgan fingerprint density at radius 1 is 1.22 bits per heavy atom. The normalized spacial score (nSPS) is 20.2. The number of benzene rings is 1. The third kappa shape index (κ3) is 4.22. The number of hydrogen-bond donors (Lipinski definition) is 2. The first-order chi connectivity index (χ1) is 19.7. The van der Waals surface area contributed by atoms with Crippen LogP contribution in [0.3, 0.4) is 0 Å². The molecular weight excluding hydrogens is 525 g/mol. The fraction of sp³-hybridized carbons (Fsp3) is 0.310. The number of hydrogen-bond acceptors (Lipinski definition) is 8. The van der Waals surface area contributed by atoms with Crippen LogP contribution in [0, 0.1) is 11.2 Å². The van der Waals surface area contributed by atoms with E-state index >= 15 is 0 Å². The number of nitrogens with zero attached hydrogens (tertiary/aromatic N) is 7. The first-order valence-electron chi connectivity index (χ1n) is 13.3. The average molecular weight is 556 g/mol. The molecule has 6 rings (SSSR count). The number of nitrogens with one attached hydrogen (secondary N) is 2. The van der Waals surface area contributed by atoms with Gasteiger partial charge in [0.1, 0.15) is 11.9 Å². The van der Waals surface area contributed by atoms with Gasteiger partial charge in [0, 0.05) is 42.1 Å². The smallest absolute Gasteiger partial charge is 0.389 e. The van der Waals surface area contributed by atoms with Crippen molar-refractivity contribution >= 4 is 23.3 Å². The Morgan fingerprint density at radius 3 is 2.68 bits per heavy atom. The SMILES string of the molecule is CC(C)n1nc(C2(c3cnn(C)c3)c3[nH]c4ccccc4c3CC(C=NC(C=N)c3ccc(F)cn3)N2C)oc1=O. The van der Waals surface area contributed by atoms with Crippen LogP contribution in [0.15, 0.2) is 69.2 Å². The number of aromatic amines is 1. The molecule has 1 aliphatic rings. The summed E-state index contributed by atoms with van der Waals surface area (Å²) in [5, 5.41) is 18.2. The van der Waals surface area contributed by atoms with Crippen molar-refractivity contribution in [2.75, 3.05) is 7.05 Å². The van der Waals surface area contributed by atoms with E-state index in [0.717, 1.165) is 33.9 Å². The van der Waals surface area contributed by atoms with Crippen molar-refractivity contribution in [3.63, 3.8) is 0 Å². The molecule has 0 spiro atoms. The summed E-state index contributed by atoms with van der Waals surface area (Å²) in [4.78, 5) is 27.5. The third-order valence-electron chi connectivity index (χ3n) is 7.74. The number of H-pyrrole nitrogens is 1. The summed E-state index contributed by atoms with van der Waals surface area (Å²) in [5.74, 6) is -0.795. The van der Waals surface area contributed by atoms with E-state index < -0.39 is 23.2 Å². The van der Waals surface area contributed by atoms with E-state index in [9.17, 15) is 9.18 Å². The Labute approximate surface area is 234 Å². The second-order valence-electron chi connectivity index (χ2n) is 10.5. The minimum absolute atomic E-state index is 0.210. The predicted molar refractivity (Wildman–Crippen MR) is 152 cm³/mol. The van der Waals surface area contributed by atoms with Crippen molar-refractivity contribution in [1.82, 2.24) is 34.4 Å². The number of rotatable bonds is 7. The van der Waals surface area contributed by atoms with Crippen LogP contribution in [-0.4, -0.2) is 59.9 Å². The Bertz CT molecular complexity index is 1810. The van der Waals surface area contributed by atoms with E-state index in [1.807, 2.05) is 52.3 Å². The Kier molecular flexibility index (Phi) is 6.49. The molecule has 0 saturated carbocycles. The van der Waals surface area contributed by atoms with Crippen molar-refractivity contribution in [3.05, 3.63) is 99.8 Å². The molecule has 5 heterocycles. The van der Waals surface area contributed by atoms with E-state index in [4.69, 9.17) is 19.9 Å². The molecule has 1 aromatic carbocycles. The molecule has 0 fully saturated rings. The van der Waals surface area contributed by atoms with Crippen LogP contribution in [-0.2, 0) is 19.0 Å². The molecule has 4 aromatic heterocycles. The van der Waals surface area contributed by atoms with Gasteiger partial charge < -0.3 is 14.8 Å². The second-order valence-corrected chi connectivity index (χ2v) is 10.5. The molecule has 0 bridgehead atoms. The number of aryl methyl sites for hydroxylation is 1. The molecule has 210 valence electrons. The fourth-order valence-corrected chi connectivity index (χ4v) is 5.70. The maximum absolute atomic E-state index is 13.5. The van der Waals surface area contributed by atoms with Crippen molar-refractivity contribution < 1.29 is 8.81 Å². The van der Waals surface area contributed by atoms with Crippen molar-refractivity contribution in [1.29, 1.82) is 5.41 Å². The summed E-state index contributed by atoms with van der Waals surface area (Å²) in [6, 6.07) is 9.63. The van der Waals surface area contributed by atoms with E-state index in [2.05, 4.69) is 26.0 Å². The molecule has 1 aliphatic heterocycles. The van der Waals surface area contributed by atoms with Gasteiger partial charge in [-0.25, -0.2) is 9.18 Å². The maximum Gasteiger partial charge on any atom is 0.437 e. The Balaban J connectivity index is 1.59. The number of pyridine rings is 1. The minimum Gasteiger partial charge on any atom is -0.389 e. The molecule has 5 aromatic rings. The molecule has 0 saturated heterocycles. The average Bonchev–Trinajstić information content (AvgIpc) is 3.67. The molecule has 3 atom stereocenters. The largest absolute Gasteiger partial charge is 0.437 e. The van der Waals surface area contributed by atoms with Crippen LogP contribution in [0.5, 0.6) is 0 Å². The predicted octanol–water partition coefficient (Wildman–Crippen LogP) is 3.78. The van der Waals surface area contributed by atoms with Crippen molar-refractivity contribution in [3.8, 4) is 0 Å². The Hall–Kier alpha value is -4.71. The standard InChI is InChI=1S/C29H30FN9O2/c1-17(2)39-28(40)41-27(36-39)29(18-13-34-37(3)16-18)26-22(21-7-5-6-8-23(21)35-26)11-20(38(29)4)15-33-25(12-31)24-10-9-19(30)14-32-24/h5-10,12-17,20,25,31,35H,11H2,1-4H3. The first kappa shape index (κ1) is 26.5. The van der Waals surface area contributed by atoms with E-state index in [-0.39, 0.29) is 18.0 Å². The zero-order valence-corrected chi connectivity index (χ0v) is 23.1. The highest BCUT2D eigenvalue weighted by Crippen LogP contribution is 2.47. The highest BCUT2D eigenvalue weighted by atomic mass is 19.1. The van der Waals surface area contributed by atoms with Crippen LogP contribution in [0.25, 0.3) is 10.9 Å². The number of para-hydroxylation sites is 1. The topological polar surface area (TPSA) is 134 Å². The molecule has 0 amide bonds. The lowest BCUT2D eigenvalue weighted by atomic mass is 9.78. The van der Waals surface area contributed by atoms with Gasteiger partial charge in [-0.3, -0.25) is 19.6 Å². The van der Waals surface area contributed by atoms with Crippen LogP contribution >= 0.6 is 0 Å². The monoisotopic (exact) mass is 555 g/mol. The van der Waals surface area contributed by atoms with Gasteiger partial charge in [-0.1, -0.05) is 18.2 Å². The molecule has 3 unspecified atom stereocenters. The highest BCUT2D eigenvalue weighted by molar-refractivity contribution is 5.87. The van der Waals surface area contributed by atoms with Gasteiger partial charge in [0.05, 0.1) is 35.9 Å². The summed E-state index contributed by atoms with van der Waals surface area (Å²) in [7, 11) is 3.76. The summed E-state index contributed by atoms with van der Waals surface area (Å²) in [6.07, 6.45) is 8.30. The van der Waals surface area contributed by atoms with Gasteiger partial charge in [0.2, 0.25) is 5.89 Å². The zero-order valence-electron chi connectivity index (χ0n) is 23.1. The van der Waals surface area contributed by atoms with Gasteiger partial charge in [0.15, 0.2) is 5.54 Å². The lowest BCUT2D eigenvalue weighted by molar-refractivity contribution is 0.123. The molecule has 12 heteroatoms. The summed E-state index contributed by atoms with van der Waals surface area (Å²) in [5.41, 5.74) is 2.87. The fourth-order valence-electron chi connectivity index (χ4n) is 5.70. The van der Waals surface area contributed by atoms with Crippen molar-refractivity contribution in [2.45, 2.75) is 43.9 Å². The summed E-state index contributed by atoms with van der Waals surface area (Å²) in [6.45, 7) is 3.75. The van der Waals surface area contributed by atoms with E-state index in [1.54, 1.807) is 17.1 Å². The first-order valence-corrected chi connectivity index (χ1v) is 13.3. The number of aromatic nitrogens is 6. The van der Waals surface area contributed by atoms with Gasteiger partial charge in [-0.2, -0.15) is 9.78 Å². The summed E-state index contributed by atoms with van der Waals surface area (Å²) >= 11 is 0. The van der Waals surface area contributed by atoms with Crippen LogP contribution in [0.1, 0.15) is 54.3 Å². The van der Waals surface area contributed by atoms with Gasteiger partial charge in [-0.05, 0) is 51.1 Å². The van der Waals surface area contributed by atoms with Crippen LogP contribution < -0.4 is 5.76 Å². The number of fused-ring (bicyclic) bond motifs is 3. The molecule has 0 aliphatic carbocycles. The second kappa shape index (κ2) is 10.0. The van der Waals surface area contributed by atoms with Crippen LogP contribution in [0.2, 0.25) is 0 Å². The Morgan fingerprint density at radius 2 is 2.02 bits per heavy atom. The highest BCUT2D eigenvalue weighted by Gasteiger charge is 2.54. The van der Waals surface area contributed by atoms with E-state index in [0.29, 0.717) is 12.1 Å². The molecule has 2 N–H and O–H groups in total. The van der Waals surface area contributed by atoms with E-state index in [1.165, 1.54) is 23.0 Å². The number of aliphatic imine (C=N–C) groups is 1. The third-order valence-corrected chi connectivity index (χ3v) is 7.74. The summed E-state index contributed by atoms with van der Waals surface area (Å²) < 4.78 is 22.5. The minimum atomic E-state index is -1.16. The zero-order chi connectivity index (χ0) is 28.9. The van der Waals surface area contributed by atoms with Crippen molar-refractivity contribution in [2.24, 2.45) is 12.0 Å². The lowest BCUT2D eigenvalue weighted by Gasteiger charge is -2.45. The number of halogens is 1. The molecule has 0 radical (unpaired) electrons. The van der Waals surface area contributed by atoms with Gasteiger partial charge >= 0.3 is 5.76 Å². The molecule has 11 nitrogen and oxygen atoms in total. The maximum atomic E-state index is 13.5. The molecule has 41 heavy (non-hydrogen) atoms. The number of likely N-dealkylation sites (N-methyl/N-ethyl adjacent to an activating group) is 1. The quantitative estimate of drug-likeness (QED) is 0.294. The molecular formula is C29H30FN9O2. The lowest BCUT2D eigenvalue weighted by Crippen LogP contribution is -2.56. The van der Waals surface area contributed by atoms with Crippen LogP contribution in [0.4, 0.5) is 4.39 Å². The van der Waals surface area contributed by atoms with Gasteiger partial charge in [0.25, 0.3) is 0 Å².